The third kappa shape index (κ3) is 2.83. The highest BCUT2D eigenvalue weighted by atomic mass is 31.2. The van der Waals surface area contributed by atoms with Crippen LogP contribution in [-0.4, -0.2) is 25.8 Å². The van der Waals surface area contributed by atoms with Gasteiger partial charge in [-0.2, -0.15) is 0 Å². The van der Waals surface area contributed by atoms with E-state index in [0.29, 0.717) is 5.57 Å². The minimum Gasteiger partial charge on any atom is -0.337 e. The van der Waals surface area contributed by atoms with Crippen LogP contribution >= 0.6 is 7.34 Å². The maximum atomic E-state index is 11.5. The molecule has 0 fully saturated rings. The number of hydrogen-bond acceptors (Lipinski definition) is 3. The second-order valence-corrected chi connectivity index (χ2v) is 8.12. The Kier molecular flexibility index (Phi) is 4.96. The van der Waals surface area contributed by atoms with Crippen molar-refractivity contribution in [2.75, 3.05) is 14.2 Å². The summed E-state index contributed by atoms with van der Waals surface area (Å²) in [6.45, 7) is 0. The largest absolute Gasteiger partial charge is 0.337 e. The van der Waals surface area contributed by atoms with E-state index in [2.05, 4.69) is 0 Å². The lowest BCUT2D eigenvalue weighted by molar-refractivity contribution is -0.104. The highest BCUT2D eigenvalue weighted by Gasteiger charge is 2.32. The first-order valence-corrected chi connectivity index (χ1v) is 9.25. The van der Waals surface area contributed by atoms with Crippen molar-refractivity contribution in [3.05, 3.63) is 89.5 Å². The Hall–Kier alpha value is -2.19. The van der Waals surface area contributed by atoms with Crippen molar-refractivity contribution >= 4 is 24.2 Å². The number of benzene rings is 2. The first-order valence-electron chi connectivity index (χ1n) is 7.63. The third-order valence-electron chi connectivity index (χ3n) is 4.03. The van der Waals surface area contributed by atoms with Crippen molar-refractivity contribution in [3.63, 3.8) is 0 Å². The SMILES string of the molecule is COP1(OC)=C(c2ccccc2)C=C(C=O)C=C1c1ccccc1. The van der Waals surface area contributed by atoms with Crippen LogP contribution in [0.5, 0.6) is 0 Å². The molecule has 122 valence electrons. The van der Waals surface area contributed by atoms with Crippen molar-refractivity contribution in [2.24, 2.45) is 0 Å². The fourth-order valence-electron chi connectivity index (χ4n) is 2.92. The Labute approximate surface area is 142 Å². The van der Waals surface area contributed by atoms with E-state index in [4.69, 9.17) is 9.05 Å². The van der Waals surface area contributed by atoms with Gasteiger partial charge in [-0.25, -0.2) is 0 Å². The zero-order valence-electron chi connectivity index (χ0n) is 13.7. The van der Waals surface area contributed by atoms with Crippen LogP contribution in [0.15, 0.2) is 78.4 Å². The van der Waals surface area contributed by atoms with E-state index in [1.165, 1.54) is 0 Å². The van der Waals surface area contributed by atoms with Gasteiger partial charge in [0, 0.05) is 30.4 Å². The minimum atomic E-state index is -2.52. The predicted octanol–water partition coefficient (Wildman–Crippen LogP) is 4.53. The Morgan fingerprint density at radius 2 is 1.33 bits per heavy atom. The lowest BCUT2D eigenvalue weighted by atomic mass is 10.1. The third-order valence-corrected chi connectivity index (χ3v) is 7.10. The number of carbonyl (C=O) groups excluding carboxylic acids is 1. The van der Waals surface area contributed by atoms with Crippen LogP contribution in [0.4, 0.5) is 0 Å². The van der Waals surface area contributed by atoms with E-state index in [1.807, 2.05) is 72.8 Å². The maximum Gasteiger partial charge on any atom is 0.162 e. The molecule has 0 saturated carbocycles. The van der Waals surface area contributed by atoms with Crippen LogP contribution in [-0.2, 0) is 13.8 Å². The highest BCUT2D eigenvalue weighted by molar-refractivity contribution is 7.78. The number of hydrogen-bond donors (Lipinski definition) is 0. The molecular formula is C20H19O3P. The predicted molar refractivity (Wildman–Crippen MR) is 100 cm³/mol. The number of aldehydes is 1. The fraction of sp³-hybridized carbons (Fsp3) is 0.100. The van der Waals surface area contributed by atoms with Crippen LogP contribution in [0.1, 0.15) is 11.1 Å². The molecule has 0 atom stereocenters. The Morgan fingerprint density at radius 1 is 0.792 bits per heavy atom. The summed E-state index contributed by atoms with van der Waals surface area (Å²) >= 11 is 0. The summed E-state index contributed by atoms with van der Waals surface area (Å²) in [7, 11) is 0.803. The summed E-state index contributed by atoms with van der Waals surface area (Å²) in [5.41, 5.74) is 2.60. The molecule has 1 aliphatic rings. The van der Waals surface area contributed by atoms with Crippen molar-refractivity contribution in [1.82, 2.24) is 0 Å². The van der Waals surface area contributed by atoms with Gasteiger partial charge in [-0.1, -0.05) is 60.7 Å². The molecule has 24 heavy (non-hydrogen) atoms. The van der Waals surface area contributed by atoms with Crippen LogP contribution in [0.25, 0.3) is 5.31 Å². The van der Waals surface area contributed by atoms with E-state index < -0.39 is 7.34 Å². The molecule has 4 heteroatoms. The summed E-state index contributed by atoms with van der Waals surface area (Å²) < 4.78 is 12.0. The molecule has 0 unspecified atom stereocenters. The van der Waals surface area contributed by atoms with Gasteiger partial charge in [0.15, 0.2) is 7.34 Å². The van der Waals surface area contributed by atoms with Gasteiger partial charge in [-0.3, -0.25) is 4.79 Å². The van der Waals surface area contributed by atoms with Crippen LogP contribution < -0.4 is 0 Å². The molecule has 2 aromatic carbocycles. The topological polar surface area (TPSA) is 35.5 Å². The highest BCUT2D eigenvalue weighted by Crippen LogP contribution is 2.64. The maximum absolute atomic E-state index is 11.5. The number of rotatable bonds is 5. The fourth-order valence-corrected chi connectivity index (χ4v) is 5.73. The first kappa shape index (κ1) is 16.7. The average molecular weight is 338 g/mol. The molecule has 2 aromatic rings. The van der Waals surface area contributed by atoms with E-state index >= 15 is 0 Å². The molecule has 0 amide bonds. The molecule has 0 aromatic heterocycles. The Balaban J connectivity index is 2.36. The second-order valence-electron chi connectivity index (χ2n) is 5.33. The van der Waals surface area contributed by atoms with Gasteiger partial charge in [-0.05, 0) is 23.3 Å². The average Bonchev–Trinajstić information content (AvgIpc) is 2.68. The molecule has 1 heterocycles. The Bertz CT molecular complexity index is 841. The molecule has 0 bridgehead atoms. The van der Waals surface area contributed by atoms with Gasteiger partial charge in [-0.15, -0.1) is 0 Å². The summed E-state index contributed by atoms with van der Waals surface area (Å²) in [6.07, 6.45) is 4.61. The van der Waals surface area contributed by atoms with Crippen molar-refractivity contribution in [2.45, 2.75) is 0 Å². The molecule has 3 rings (SSSR count). The zero-order valence-corrected chi connectivity index (χ0v) is 14.6. The molecule has 0 saturated heterocycles. The zero-order chi connectivity index (χ0) is 17.0. The molecule has 1 aliphatic heterocycles. The molecule has 0 spiro atoms. The van der Waals surface area contributed by atoms with Gasteiger partial charge in [0.05, 0.1) is 0 Å². The smallest absolute Gasteiger partial charge is 0.162 e. The Morgan fingerprint density at radius 3 is 1.83 bits per heavy atom. The normalized spacial score (nSPS) is 16.3. The van der Waals surface area contributed by atoms with Gasteiger partial charge in [0.25, 0.3) is 0 Å². The lowest BCUT2D eigenvalue weighted by Crippen LogP contribution is -2.11. The molecular weight excluding hydrogens is 319 g/mol. The molecule has 3 nitrogen and oxygen atoms in total. The summed E-state index contributed by atoms with van der Waals surface area (Å²) in [6, 6.07) is 19.8. The quantitative estimate of drug-likeness (QED) is 0.594. The van der Waals surface area contributed by atoms with E-state index in [9.17, 15) is 4.79 Å². The van der Waals surface area contributed by atoms with Crippen molar-refractivity contribution in [3.8, 4) is 0 Å². The van der Waals surface area contributed by atoms with Gasteiger partial charge < -0.3 is 9.05 Å². The second kappa shape index (κ2) is 7.14. The summed E-state index contributed by atoms with van der Waals surface area (Å²) in [5, 5.41) is 1.83. The van der Waals surface area contributed by atoms with Crippen molar-refractivity contribution < 1.29 is 13.8 Å². The van der Waals surface area contributed by atoms with E-state index in [-0.39, 0.29) is 0 Å². The summed E-state index contributed by atoms with van der Waals surface area (Å²) in [5.74, 6) is 0. The van der Waals surface area contributed by atoms with Gasteiger partial charge in [0.2, 0.25) is 0 Å². The van der Waals surface area contributed by atoms with E-state index in [1.54, 1.807) is 14.2 Å². The van der Waals surface area contributed by atoms with Crippen LogP contribution in [0, 0.1) is 0 Å². The molecule has 0 N–H and O–H groups in total. The van der Waals surface area contributed by atoms with Gasteiger partial charge in [0.1, 0.15) is 6.29 Å². The molecule has 0 radical (unpaired) electrons. The number of allylic oxidation sites excluding steroid dienone is 3. The van der Waals surface area contributed by atoms with Gasteiger partial charge >= 0.3 is 0 Å². The molecule has 0 aliphatic carbocycles. The van der Waals surface area contributed by atoms with E-state index in [0.717, 1.165) is 28.0 Å². The first-order chi connectivity index (χ1) is 11.7. The van der Waals surface area contributed by atoms with Crippen LogP contribution in [0.3, 0.4) is 0 Å². The van der Waals surface area contributed by atoms with Crippen molar-refractivity contribution in [1.29, 1.82) is 0 Å². The monoisotopic (exact) mass is 338 g/mol. The van der Waals surface area contributed by atoms with Crippen LogP contribution in [0.2, 0.25) is 0 Å². The lowest BCUT2D eigenvalue weighted by Gasteiger charge is -2.31. The number of carbonyl (C=O) groups is 1. The standard InChI is InChI=1S/C20H19O3P/c1-22-24(23-2)19(17-9-5-3-6-10-17)13-16(15-21)14-20(24)18-11-7-4-8-12-18/h3-15H,1-2H3. The summed E-state index contributed by atoms with van der Waals surface area (Å²) in [4.78, 5) is 11.5. The minimum absolute atomic E-state index is 0.609.